The van der Waals surface area contributed by atoms with Gasteiger partial charge in [0.25, 0.3) is 5.91 Å². The maximum atomic E-state index is 12.9. The van der Waals surface area contributed by atoms with Gasteiger partial charge in [-0.25, -0.2) is 0 Å². The van der Waals surface area contributed by atoms with E-state index >= 15 is 0 Å². The zero-order valence-corrected chi connectivity index (χ0v) is 15.6. The normalized spacial score (nSPS) is 19.2. The first-order chi connectivity index (χ1) is 12.7. The molecule has 1 saturated heterocycles. The molecule has 2 aromatic rings. The van der Waals surface area contributed by atoms with Gasteiger partial charge in [0.1, 0.15) is 0 Å². The van der Waals surface area contributed by atoms with Crippen molar-refractivity contribution < 1.29 is 9.69 Å². The fourth-order valence-electron chi connectivity index (χ4n) is 3.76. The first-order valence-corrected chi connectivity index (χ1v) is 9.79. The van der Waals surface area contributed by atoms with Gasteiger partial charge in [-0.3, -0.25) is 4.79 Å². The first kappa shape index (κ1) is 17.4. The molecule has 0 unspecified atom stereocenters. The van der Waals surface area contributed by atoms with E-state index in [1.54, 1.807) is 0 Å². The third-order valence-electron chi connectivity index (χ3n) is 5.33. The molecule has 1 amide bonds. The molecule has 4 rings (SSSR count). The van der Waals surface area contributed by atoms with Crippen molar-refractivity contribution in [3.05, 3.63) is 65.2 Å². The summed E-state index contributed by atoms with van der Waals surface area (Å²) in [6, 6.07) is 18.4. The maximum absolute atomic E-state index is 12.9. The van der Waals surface area contributed by atoms with Crippen LogP contribution < -0.4 is 15.1 Å². The number of nitrogens with one attached hydrogen (secondary N) is 2. The van der Waals surface area contributed by atoms with Gasteiger partial charge in [-0.15, -0.1) is 0 Å². The number of hydrogen-bond acceptors (Lipinski definition) is 2. The molecule has 1 aliphatic carbocycles. The predicted octanol–water partition coefficient (Wildman–Crippen LogP) is 2.06. The second-order valence-corrected chi connectivity index (χ2v) is 7.63. The van der Waals surface area contributed by atoms with Gasteiger partial charge in [0.05, 0.1) is 36.9 Å². The Kier molecular flexibility index (Phi) is 5.14. The summed E-state index contributed by atoms with van der Waals surface area (Å²) in [5, 5.41) is 4.00. The predicted molar refractivity (Wildman–Crippen MR) is 105 cm³/mol. The minimum atomic E-state index is -0.134. The zero-order chi connectivity index (χ0) is 17.9. The van der Waals surface area contributed by atoms with Crippen molar-refractivity contribution in [1.29, 1.82) is 0 Å². The van der Waals surface area contributed by atoms with Crippen LogP contribution in [0.3, 0.4) is 0 Å². The fourth-order valence-corrected chi connectivity index (χ4v) is 4.02. The summed E-state index contributed by atoms with van der Waals surface area (Å²) in [5.41, 5.74) is 2.19. The Hall–Kier alpha value is -2.04. The number of piperazine rings is 1. The number of carbonyl (C=O) groups excluding carboxylic acids is 1. The highest BCUT2D eigenvalue weighted by Crippen LogP contribution is 2.25. The monoisotopic (exact) mass is 370 g/mol. The molecule has 2 aliphatic rings. The Morgan fingerprint density at radius 3 is 2.35 bits per heavy atom. The maximum Gasteiger partial charge on any atom is 0.283 e. The number of hydrogen-bond donors (Lipinski definition) is 2. The van der Waals surface area contributed by atoms with Gasteiger partial charge in [0.15, 0.2) is 6.04 Å². The zero-order valence-electron chi connectivity index (χ0n) is 14.8. The van der Waals surface area contributed by atoms with Crippen molar-refractivity contribution in [1.82, 2.24) is 5.32 Å². The number of nitrogens with zero attached hydrogens (tertiary/aromatic N) is 1. The van der Waals surface area contributed by atoms with E-state index in [9.17, 15) is 4.79 Å². The molecule has 4 nitrogen and oxygen atoms in total. The third kappa shape index (κ3) is 3.87. The van der Waals surface area contributed by atoms with Crippen LogP contribution in [-0.2, 0) is 4.79 Å². The Labute approximate surface area is 159 Å². The Morgan fingerprint density at radius 1 is 1.04 bits per heavy atom. The minimum absolute atomic E-state index is 0.134. The fraction of sp³-hybridized carbons (Fsp3) is 0.381. The molecule has 2 N–H and O–H groups in total. The molecular formula is C21H25ClN3O+. The summed E-state index contributed by atoms with van der Waals surface area (Å²) in [6.07, 6.45) is 2.23. The lowest BCUT2D eigenvalue weighted by molar-refractivity contribution is -0.922. The molecule has 2 fully saturated rings. The van der Waals surface area contributed by atoms with Gasteiger partial charge in [-0.05, 0) is 25.0 Å². The summed E-state index contributed by atoms with van der Waals surface area (Å²) >= 11 is 6.35. The Balaban J connectivity index is 1.49. The summed E-state index contributed by atoms with van der Waals surface area (Å²) in [7, 11) is 0. The molecule has 26 heavy (non-hydrogen) atoms. The third-order valence-corrected chi connectivity index (χ3v) is 5.65. The molecule has 1 atom stereocenters. The van der Waals surface area contributed by atoms with E-state index in [0.29, 0.717) is 6.04 Å². The molecule has 0 aromatic heterocycles. The molecule has 0 bridgehead atoms. The van der Waals surface area contributed by atoms with Crippen molar-refractivity contribution in [2.45, 2.75) is 24.9 Å². The van der Waals surface area contributed by atoms with Gasteiger partial charge in [0, 0.05) is 11.6 Å². The van der Waals surface area contributed by atoms with Crippen LogP contribution in [0.4, 0.5) is 5.69 Å². The molecule has 1 heterocycles. The van der Waals surface area contributed by atoms with E-state index in [4.69, 9.17) is 11.6 Å². The minimum Gasteiger partial charge on any atom is -0.359 e. The highest BCUT2D eigenvalue weighted by atomic mass is 35.5. The van der Waals surface area contributed by atoms with Crippen molar-refractivity contribution in [2.75, 3.05) is 31.1 Å². The van der Waals surface area contributed by atoms with Crippen molar-refractivity contribution in [2.24, 2.45) is 0 Å². The van der Waals surface area contributed by atoms with Gasteiger partial charge in [-0.2, -0.15) is 0 Å². The number of quaternary nitrogens is 1. The highest BCUT2D eigenvalue weighted by Gasteiger charge is 2.36. The van der Waals surface area contributed by atoms with E-state index in [1.807, 2.05) is 36.4 Å². The quantitative estimate of drug-likeness (QED) is 0.845. The number of benzene rings is 2. The Morgan fingerprint density at radius 2 is 1.69 bits per heavy atom. The molecule has 1 saturated carbocycles. The lowest BCUT2D eigenvalue weighted by atomic mass is 10.0. The number of halogens is 1. The first-order valence-electron chi connectivity index (χ1n) is 9.42. The molecule has 0 spiro atoms. The van der Waals surface area contributed by atoms with Gasteiger partial charge >= 0.3 is 0 Å². The summed E-state index contributed by atoms with van der Waals surface area (Å²) in [5.74, 6) is 0.167. The molecule has 2 aromatic carbocycles. The van der Waals surface area contributed by atoms with Crippen LogP contribution in [-0.4, -0.2) is 38.1 Å². The van der Waals surface area contributed by atoms with Crippen molar-refractivity contribution >= 4 is 23.2 Å². The topological polar surface area (TPSA) is 36.8 Å². The second-order valence-electron chi connectivity index (χ2n) is 7.22. The molecule has 136 valence electrons. The molecule has 0 radical (unpaired) electrons. The van der Waals surface area contributed by atoms with E-state index < -0.39 is 0 Å². The van der Waals surface area contributed by atoms with Crippen LogP contribution in [0.15, 0.2) is 54.6 Å². The van der Waals surface area contributed by atoms with E-state index in [1.165, 1.54) is 4.90 Å². The average molecular weight is 371 g/mol. The smallest absolute Gasteiger partial charge is 0.283 e. The van der Waals surface area contributed by atoms with Gasteiger partial charge in [-0.1, -0.05) is 54.1 Å². The van der Waals surface area contributed by atoms with Gasteiger partial charge < -0.3 is 15.1 Å². The number of amides is 1. The molecular weight excluding hydrogens is 346 g/mol. The number of rotatable bonds is 5. The summed E-state index contributed by atoms with van der Waals surface area (Å²) in [6.45, 7) is 3.64. The lowest BCUT2D eigenvalue weighted by Crippen LogP contribution is -3.16. The van der Waals surface area contributed by atoms with Crippen molar-refractivity contribution in [3.63, 3.8) is 0 Å². The second kappa shape index (κ2) is 7.68. The molecule has 1 aliphatic heterocycles. The number of carbonyl (C=O) groups is 1. The highest BCUT2D eigenvalue weighted by molar-refractivity contribution is 6.33. The van der Waals surface area contributed by atoms with Crippen LogP contribution in [0.2, 0.25) is 5.02 Å². The van der Waals surface area contributed by atoms with Crippen LogP contribution in [0.1, 0.15) is 24.4 Å². The average Bonchev–Trinajstić information content (AvgIpc) is 3.48. The Bertz CT molecular complexity index is 755. The van der Waals surface area contributed by atoms with Crippen LogP contribution in [0.5, 0.6) is 0 Å². The summed E-state index contributed by atoms with van der Waals surface area (Å²) < 4.78 is 0. The van der Waals surface area contributed by atoms with E-state index in [-0.39, 0.29) is 11.9 Å². The van der Waals surface area contributed by atoms with Gasteiger partial charge in [0.2, 0.25) is 0 Å². The number of anilines is 1. The summed E-state index contributed by atoms with van der Waals surface area (Å²) in [4.78, 5) is 16.6. The van der Waals surface area contributed by atoms with E-state index in [0.717, 1.165) is 55.3 Å². The van der Waals surface area contributed by atoms with Crippen LogP contribution in [0.25, 0.3) is 0 Å². The van der Waals surface area contributed by atoms with Crippen molar-refractivity contribution in [3.8, 4) is 0 Å². The SMILES string of the molecule is O=C(NC1CC1)[C@H](c1ccccc1)[NH+]1CCN(c2ccccc2Cl)CC1. The largest absolute Gasteiger partial charge is 0.359 e. The standard InChI is InChI=1S/C21H24ClN3O/c22-18-8-4-5-9-19(18)24-12-14-25(15-13-24)20(16-6-2-1-3-7-16)21(26)23-17-10-11-17/h1-9,17,20H,10-15H2,(H,23,26)/p+1/t20-/m0/s1. The molecule has 5 heteroatoms. The van der Waals surface area contributed by atoms with Crippen LogP contribution >= 0.6 is 11.6 Å². The number of para-hydroxylation sites is 1. The van der Waals surface area contributed by atoms with E-state index in [2.05, 4.69) is 28.4 Å². The lowest BCUT2D eigenvalue weighted by Gasteiger charge is -2.37. The van der Waals surface area contributed by atoms with Crippen LogP contribution in [0, 0.1) is 0 Å².